The highest BCUT2D eigenvalue weighted by Crippen LogP contribution is 1.82. The van der Waals surface area contributed by atoms with E-state index in [1.807, 2.05) is 0 Å². The zero-order chi connectivity index (χ0) is 5.70. The van der Waals surface area contributed by atoms with Crippen LogP contribution >= 0.6 is 0 Å². The van der Waals surface area contributed by atoms with Crippen molar-refractivity contribution in [2.75, 3.05) is 0 Å². The molecule has 0 N–H and O–H groups in total. The van der Waals surface area contributed by atoms with Crippen LogP contribution in [-0.2, 0) is 0 Å². The van der Waals surface area contributed by atoms with Crippen molar-refractivity contribution in [1.29, 1.82) is 5.26 Å². The summed E-state index contributed by atoms with van der Waals surface area (Å²) in [7, 11) is 0. The Bertz CT molecular complexity index is 126. The zero-order valence-corrected chi connectivity index (χ0v) is 3.87. The third-order valence-corrected chi connectivity index (χ3v) is 0.412. The molecule has 0 aliphatic rings. The first-order valence-corrected chi connectivity index (χ1v) is 1.75. The second kappa shape index (κ2) is 3.01. The zero-order valence-electron chi connectivity index (χ0n) is 3.87. The maximum absolute atomic E-state index is 7.95. The van der Waals surface area contributed by atoms with Gasteiger partial charge in [0.25, 0.3) is 0 Å². The molecule has 0 aliphatic heterocycles. The Morgan fingerprint density at radius 2 is 2.57 bits per heavy atom. The summed E-state index contributed by atoms with van der Waals surface area (Å²) < 4.78 is 0. The van der Waals surface area contributed by atoms with Crippen molar-refractivity contribution in [1.82, 2.24) is 0 Å². The van der Waals surface area contributed by atoms with Gasteiger partial charge in [0.2, 0.25) is 0 Å². The van der Waals surface area contributed by atoms with Gasteiger partial charge in [0, 0.05) is 4.91 Å². The Morgan fingerprint density at radius 1 is 2.00 bits per heavy atom. The van der Waals surface area contributed by atoms with Gasteiger partial charge >= 0.3 is 0 Å². The fourth-order valence-electron chi connectivity index (χ4n) is 0.103. The third-order valence-electron chi connectivity index (χ3n) is 0.412. The minimum Gasteiger partial charge on any atom is -0.198 e. The second-order valence-corrected chi connectivity index (χ2v) is 1.01. The van der Waals surface area contributed by atoms with E-state index < -0.39 is 6.04 Å². The first kappa shape index (κ1) is 5.80. The normalized spacial score (nSPS) is 10.9. The van der Waals surface area contributed by atoms with Crippen molar-refractivity contribution >= 4 is 0 Å². The van der Waals surface area contributed by atoms with Crippen LogP contribution in [0.4, 0.5) is 0 Å². The standard InChI is InChI=1S/C3H4N4/c1-3(2-4)6-7-5/h3H,1H3. The molecule has 0 aliphatic carbocycles. The van der Waals surface area contributed by atoms with Gasteiger partial charge in [-0.3, -0.25) is 0 Å². The van der Waals surface area contributed by atoms with Gasteiger partial charge in [-0.15, -0.1) is 0 Å². The molecule has 0 rings (SSSR count). The van der Waals surface area contributed by atoms with Crippen LogP contribution in [0.25, 0.3) is 10.4 Å². The number of hydrogen-bond acceptors (Lipinski definition) is 2. The van der Waals surface area contributed by atoms with Gasteiger partial charge in [-0.1, -0.05) is 5.11 Å². The van der Waals surface area contributed by atoms with Crippen LogP contribution < -0.4 is 0 Å². The van der Waals surface area contributed by atoms with E-state index >= 15 is 0 Å². The number of nitriles is 1. The van der Waals surface area contributed by atoms with Crippen molar-refractivity contribution in [3.63, 3.8) is 0 Å². The highest BCUT2D eigenvalue weighted by molar-refractivity contribution is 4.85. The summed E-state index contributed by atoms with van der Waals surface area (Å²) in [4.78, 5) is 2.41. The lowest BCUT2D eigenvalue weighted by Crippen LogP contribution is -1.86. The average Bonchev–Trinajstić information content (AvgIpc) is 1.68. The molecule has 0 aromatic rings. The van der Waals surface area contributed by atoms with E-state index in [9.17, 15) is 0 Å². The molecule has 4 heteroatoms. The smallest absolute Gasteiger partial charge is 0.122 e. The quantitative estimate of drug-likeness (QED) is 0.274. The van der Waals surface area contributed by atoms with Crippen molar-refractivity contribution in [3.8, 4) is 6.07 Å². The first-order valence-electron chi connectivity index (χ1n) is 1.75. The molecule has 0 aromatic heterocycles. The molecule has 0 heterocycles. The van der Waals surface area contributed by atoms with E-state index in [-0.39, 0.29) is 0 Å². The van der Waals surface area contributed by atoms with E-state index in [2.05, 4.69) is 10.0 Å². The summed E-state index contributed by atoms with van der Waals surface area (Å²) in [6.45, 7) is 1.53. The molecule has 0 radical (unpaired) electrons. The minimum atomic E-state index is -0.537. The maximum atomic E-state index is 7.95. The fourth-order valence-corrected chi connectivity index (χ4v) is 0.103. The van der Waals surface area contributed by atoms with E-state index in [0.717, 1.165) is 0 Å². The maximum Gasteiger partial charge on any atom is 0.122 e. The molecular weight excluding hydrogens is 92.1 g/mol. The van der Waals surface area contributed by atoms with Crippen molar-refractivity contribution < 1.29 is 0 Å². The Balaban J connectivity index is 3.64. The molecule has 7 heavy (non-hydrogen) atoms. The summed E-state index contributed by atoms with van der Waals surface area (Å²) >= 11 is 0. The predicted molar refractivity (Wildman–Crippen MR) is 24.2 cm³/mol. The van der Waals surface area contributed by atoms with Crippen LogP contribution in [0.15, 0.2) is 5.11 Å². The van der Waals surface area contributed by atoms with Gasteiger partial charge in [-0.25, -0.2) is 0 Å². The lowest BCUT2D eigenvalue weighted by molar-refractivity contribution is 0.925. The lowest BCUT2D eigenvalue weighted by Gasteiger charge is -1.78. The highest BCUT2D eigenvalue weighted by atomic mass is 15.1. The molecule has 0 fully saturated rings. The van der Waals surface area contributed by atoms with Gasteiger partial charge in [0.05, 0.1) is 6.07 Å². The molecule has 0 bridgehead atoms. The Labute approximate surface area is 41.0 Å². The number of azide groups is 1. The van der Waals surface area contributed by atoms with E-state index in [1.165, 1.54) is 6.92 Å². The Kier molecular flexibility index (Phi) is 2.49. The molecular formula is C3H4N4. The average molecular weight is 96.1 g/mol. The van der Waals surface area contributed by atoms with E-state index in [4.69, 9.17) is 10.8 Å². The lowest BCUT2D eigenvalue weighted by atomic mass is 10.4. The molecule has 1 atom stereocenters. The van der Waals surface area contributed by atoms with E-state index in [0.29, 0.717) is 0 Å². The monoisotopic (exact) mass is 96.0 g/mol. The second-order valence-electron chi connectivity index (χ2n) is 1.01. The molecule has 0 amide bonds. The van der Waals surface area contributed by atoms with E-state index in [1.54, 1.807) is 6.07 Å². The van der Waals surface area contributed by atoms with Crippen LogP contribution in [0.2, 0.25) is 0 Å². The van der Waals surface area contributed by atoms with Crippen molar-refractivity contribution in [2.24, 2.45) is 5.11 Å². The van der Waals surface area contributed by atoms with Crippen molar-refractivity contribution in [3.05, 3.63) is 10.4 Å². The molecule has 0 spiro atoms. The minimum absolute atomic E-state index is 0.537. The number of nitrogens with zero attached hydrogens (tertiary/aromatic N) is 4. The molecule has 0 saturated carbocycles. The molecule has 0 saturated heterocycles. The molecule has 1 unspecified atom stereocenters. The van der Waals surface area contributed by atoms with Gasteiger partial charge in [0.15, 0.2) is 0 Å². The summed E-state index contributed by atoms with van der Waals surface area (Å²) in [5, 5.41) is 11.0. The van der Waals surface area contributed by atoms with Crippen LogP contribution in [0.1, 0.15) is 6.92 Å². The molecule has 36 valence electrons. The Morgan fingerprint density at radius 3 is 2.71 bits per heavy atom. The van der Waals surface area contributed by atoms with Crippen molar-refractivity contribution in [2.45, 2.75) is 13.0 Å². The third kappa shape index (κ3) is 2.61. The van der Waals surface area contributed by atoms with Crippen LogP contribution in [0, 0.1) is 11.3 Å². The summed E-state index contributed by atoms with van der Waals surface area (Å²) in [6, 6.07) is 1.21. The first-order chi connectivity index (χ1) is 3.31. The number of rotatable bonds is 1. The Hall–Kier alpha value is -1.20. The predicted octanol–water partition coefficient (Wildman–Crippen LogP) is 1.21. The topological polar surface area (TPSA) is 72.5 Å². The van der Waals surface area contributed by atoms with Crippen LogP contribution in [-0.4, -0.2) is 6.04 Å². The summed E-state index contributed by atoms with van der Waals surface area (Å²) in [5.74, 6) is 0. The molecule has 4 nitrogen and oxygen atoms in total. The molecule has 0 aromatic carbocycles. The van der Waals surface area contributed by atoms with Gasteiger partial charge < -0.3 is 0 Å². The SMILES string of the molecule is CC(C#N)N=[N+]=[N-]. The van der Waals surface area contributed by atoms with Gasteiger partial charge in [-0.2, -0.15) is 5.26 Å². The summed E-state index contributed by atoms with van der Waals surface area (Å²) in [6.07, 6.45) is 0. The largest absolute Gasteiger partial charge is 0.198 e. The summed E-state index contributed by atoms with van der Waals surface area (Å²) in [5.41, 5.74) is 7.68. The van der Waals surface area contributed by atoms with Gasteiger partial charge in [-0.05, 0) is 12.5 Å². The number of hydrogen-bond donors (Lipinski definition) is 0. The van der Waals surface area contributed by atoms with Crippen LogP contribution in [0.5, 0.6) is 0 Å². The van der Waals surface area contributed by atoms with Gasteiger partial charge in [0.1, 0.15) is 6.04 Å². The highest BCUT2D eigenvalue weighted by Gasteiger charge is 1.87. The van der Waals surface area contributed by atoms with Crippen LogP contribution in [0.3, 0.4) is 0 Å². The fraction of sp³-hybridized carbons (Fsp3) is 0.667.